The van der Waals surface area contributed by atoms with Crippen molar-refractivity contribution in [2.45, 2.75) is 38.8 Å². The van der Waals surface area contributed by atoms with Gasteiger partial charge in [0.1, 0.15) is 6.10 Å². The van der Waals surface area contributed by atoms with Crippen molar-refractivity contribution in [2.24, 2.45) is 5.92 Å². The topological polar surface area (TPSA) is 38.7 Å². The molecule has 3 heteroatoms. The van der Waals surface area contributed by atoms with Gasteiger partial charge in [-0.3, -0.25) is 0 Å². The zero-order chi connectivity index (χ0) is 10.1. The van der Waals surface area contributed by atoms with Crippen LogP contribution < -0.4 is 0 Å². The maximum absolute atomic E-state index is 9.77. The minimum Gasteiger partial charge on any atom is -0.390 e. The molecule has 0 aromatic rings. The Morgan fingerprint density at radius 3 is 2.62 bits per heavy atom. The first-order chi connectivity index (χ1) is 5.96. The van der Waals surface area contributed by atoms with Crippen LogP contribution in [0.3, 0.4) is 0 Å². The zero-order valence-electron chi connectivity index (χ0n) is 8.49. The Balaban J connectivity index is 2.51. The third-order valence-corrected chi connectivity index (χ3v) is 2.32. The molecule has 1 heterocycles. The van der Waals surface area contributed by atoms with Crippen LogP contribution >= 0.6 is 0 Å². The van der Waals surface area contributed by atoms with Crippen LogP contribution in [0.2, 0.25) is 0 Å². The summed E-state index contributed by atoms with van der Waals surface area (Å²) >= 11 is 0. The summed E-state index contributed by atoms with van der Waals surface area (Å²) in [4.78, 5) is 0. The molecule has 1 fully saturated rings. The van der Waals surface area contributed by atoms with Crippen molar-refractivity contribution in [3.63, 3.8) is 0 Å². The second kappa shape index (κ2) is 3.78. The van der Waals surface area contributed by atoms with Gasteiger partial charge in [-0.05, 0) is 13.8 Å². The number of aliphatic hydroxyl groups excluding tert-OH is 1. The molecule has 76 valence electrons. The highest BCUT2D eigenvalue weighted by atomic mass is 16.7. The predicted molar refractivity (Wildman–Crippen MR) is 50.3 cm³/mol. The van der Waals surface area contributed by atoms with Gasteiger partial charge in [-0.1, -0.05) is 13.0 Å². The molecule has 1 N–H and O–H groups in total. The normalized spacial score (nSPS) is 31.2. The van der Waals surface area contributed by atoms with E-state index >= 15 is 0 Å². The Bertz CT molecular complexity index is 189. The zero-order valence-corrected chi connectivity index (χ0v) is 8.49. The first-order valence-electron chi connectivity index (χ1n) is 4.58. The molecule has 0 radical (unpaired) electrons. The molecule has 1 aliphatic rings. The van der Waals surface area contributed by atoms with Gasteiger partial charge < -0.3 is 14.6 Å². The average Bonchev–Trinajstić information content (AvgIpc) is 2.43. The lowest BCUT2D eigenvalue weighted by Crippen LogP contribution is -2.34. The molecular weight excluding hydrogens is 168 g/mol. The third kappa shape index (κ3) is 2.53. The molecule has 13 heavy (non-hydrogen) atoms. The van der Waals surface area contributed by atoms with Crippen molar-refractivity contribution >= 4 is 0 Å². The molecular formula is C10H18O3. The number of hydrogen-bond acceptors (Lipinski definition) is 3. The number of rotatable bonds is 3. The van der Waals surface area contributed by atoms with Crippen LogP contribution in [0.25, 0.3) is 0 Å². The Labute approximate surface area is 79.3 Å². The van der Waals surface area contributed by atoms with Crippen molar-refractivity contribution in [2.75, 3.05) is 6.61 Å². The molecule has 0 amide bonds. The van der Waals surface area contributed by atoms with Gasteiger partial charge in [0.15, 0.2) is 5.79 Å². The Kier molecular flexibility index (Phi) is 3.11. The van der Waals surface area contributed by atoms with E-state index in [4.69, 9.17) is 9.47 Å². The number of aliphatic hydroxyl groups is 1. The monoisotopic (exact) mass is 186 g/mol. The van der Waals surface area contributed by atoms with Crippen LogP contribution in [-0.2, 0) is 9.47 Å². The van der Waals surface area contributed by atoms with E-state index < -0.39 is 11.9 Å². The van der Waals surface area contributed by atoms with Crippen molar-refractivity contribution in [3.05, 3.63) is 12.7 Å². The van der Waals surface area contributed by atoms with Crippen LogP contribution in [-0.4, -0.2) is 29.7 Å². The Morgan fingerprint density at radius 2 is 2.23 bits per heavy atom. The third-order valence-electron chi connectivity index (χ3n) is 2.32. The Hall–Kier alpha value is -0.380. The summed E-state index contributed by atoms with van der Waals surface area (Å²) < 4.78 is 10.9. The van der Waals surface area contributed by atoms with Gasteiger partial charge in [0.25, 0.3) is 0 Å². The van der Waals surface area contributed by atoms with Gasteiger partial charge in [-0.15, -0.1) is 6.58 Å². The number of hydrogen-bond donors (Lipinski definition) is 1. The van der Waals surface area contributed by atoms with Crippen LogP contribution in [0.4, 0.5) is 0 Å². The molecule has 3 atom stereocenters. The van der Waals surface area contributed by atoms with Crippen LogP contribution in [0, 0.1) is 5.92 Å². The molecule has 0 aromatic heterocycles. The van der Waals surface area contributed by atoms with Crippen LogP contribution in [0.15, 0.2) is 12.7 Å². The SMILES string of the molecule is C=CC(C)[C@H](O)[C@H]1COC(C)(C)O1. The summed E-state index contributed by atoms with van der Waals surface area (Å²) in [6, 6.07) is 0. The molecule has 0 aliphatic carbocycles. The summed E-state index contributed by atoms with van der Waals surface area (Å²) in [6.07, 6.45) is 0.960. The first-order valence-corrected chi connectivity index (χ1v) is 4.58. The van der Waals surface area contributed by atoms with E-state index in [0.717, 1.165) is 0 Å². The summed E-state index contributed by atoms with van der Waals surface area (Å²) in [6.45, 7) is 9.68. The maximum atomic E-state index is 9.77. The van der Waals surface area contributed by atoms with Crippen molar-refractivity contribution in [1.29, 1.82) is 0 Å². The lowest BCUT2D eigenvalue weighted by atomic mass is 10.0. The van der Waals surface area contributed by atoms with E-state index in [2.05, 4.69) is 6.58 Å². The standard InChI is InChI=1S/C10H18O3/c1-5-7(2)9(11)8-6-12-10(3,4)13-8/h5,7-9,11H,1,6H2,2-4H3/t7?,8-,9+/m1/s1. The summed E-state index contributed by atoms with van der Waals surface area (Å²) in [5.74, 6) is -0.533. The fourth-order valence-corrected chi connectivity index (χ4v) is 1.36. The van der Waals surface area contributed by atoms with E-state index in [-0.39, 0.29) is 12.0 Å². The van der Waals surface area contributed by atoms with Crippen molar-refractivity contribution in [1.82, 2.24) is 0 Å². The highest BCUT2D eigenvalue weighted by Crippen LogP contribution is 2.26. The molecule has 0 aromatic carbocycles. The van der Waals surface area contributed by atoms with Gasteiger partial charge in [0.05, 0.1) is 12.7 Å². The largest absolute Gasteiger partial charge is 0.390 e. The molecule has 1 rings (SSSR count). The summed E-state index contributed by atoms with van der Waals surface area (Å²) in [5.41, 5.74) is 0. The van der Waals surface area contributed by atoms with Gasteiger partial charge in [-0.2, -0.15) is 0 Å². The lowest BCUT2D eigenvalue weighted by Gasteiger charge is -2.22. The molecule has 0 saturated carbocycles. The predicted octanol–water partition coefficient (Wildman–Crippen LogP) is 1.32. The summed E-state index contributed by atoms with van der Waals surface area (Å²) in [7, 11) is 0. The highest BCUT2D eigenvalue weighted by Gasteiger charge is 2.37. The van der Waals surface area contributed by atoms with E-state index in [0.29, 0.717) is 6.61 Å². The molecule has 0 bridgehead atoms. The van der Waals surface area contributed by atoms with Gasteiger partial charge in [0.2, 0.25) is 0 Å². The van der Waals surface area contributed by atoms with Gasteiger partial charge in [0, 0.05) is 5.92 Å². The van der Waals surface area contributed by atoms with E-state index in [9.17, 15) is 5.11 Å². The highest BCUT2D eigenvalue weighted by molar-refractivity contribution is 4.88. The molecule has 0 spiro atoms. The van der Waals surface area contributed by atoms with Crippen LogP contribution in [0.1, 0.15) is 20.8 Å². The lowest BCUT2D eigenvalue weighted by molar-refractivity contribution is -0.153. The van der Waals surface area contributed by atoms with E-state index in [1.165, 1.54) is 0 Å². The molecule has 1 saturated heterocycles. The smallest absolute Gasteiger partial charge is 0.163 e. The summed E-state index contributed by atoms with van der Waals surface area (Å²) in [5, 5.41) is 9.77. The molecule has 1 unspecified atom stereocenters. The van der Waals surface area contributed by atoms with Crippen molar-refractivity contribution in [3.8, 4) is 0 Å². The molecule has 1 aliphatic heterocycles. The van der Waals surface area contributed by atoms with Crippen molar-refractivity contribution < 1.29 is 14.6 Å². The minimum atomic E-state index is -0.563. The fraction of sp³-hybridized carbons (Fsp3) is 0.800. The minimum absolute atomic E-state index is 0.0301. The fourth-order valence-electron chi connectivity index (χ4n) is 1.36. The van der Waals surface area contributed by atoms with Crippen LogP contribution in [0.5, 0.6) is 0 Å². The quantitative estimate of drug-likeness (QED) is 0.676. The van der Waals surface area contributed by atoms with Gasteiger partial charge >= 0.3 is 0 Å². The van der Waals surface area contributed by atoms with Gasteiger partial charge in [-0.25, -0.2) is 0 Å². The number of ether oxygens (including phenoxy) is 2. The second-order valence-electron chi connectivity index (χ2n) is 3.95. The molecule has 3 nitrogen and oxygen atoms in total. The average molecular weight is 186 g/mol. The maximum Gasteiger partial charge on any atom is 0.163 e. The van der Waals surface area contributed by atoms with E-state index in [1.54, 1.807) is 6.08 Å². The second-order valence-corrected chi connectivity index (χ2v) is 3.95. The first kappa shape index (κ1) is 10.7. The van der Waals surface area contributed by atoms with E-state index in [1.807, 2.05) is 20.8 Å². The Morgan fingerprint density at radius 1 is 1.62 bits per heavy atom.